The van der Waals surface area contributed by atoms with Gasteiger partial charge in [0.05, 0.1) is 12.6 Å². The fourth-order valence-electron chi connectivity index (χ4n) is 1.96. The van der Waals surface area contributed by atoms with Crippen molar-refractivity contribution in [1.29, 1.82) is 0 Å². The summed E-state index contributed by atoms with van der Waals surface area (Å²) in [5.41, 5.74) is 0. The Hall–Kier alpha value is -0.220. The monoisotopic (exact) mass is 193 g/mol. The third-order valence-electron chi connectivity index (χ3n) is 2.69. The van der Waals surface area contributed by atoms with E-state index in [1.807, 2.05) is 0 Å². The highest BCUT2D eigenvalue weighted by atomic mass is 19.3. The normalized spacial score (nSPS) is 30.0. The Kier molecular flexibility index (Phi) is 4.06. The first kappa shape index (κ1) is 10.9. The summed E-state index contributed by atoms with van der Waals surface area (Å²) in [7, 11) is 1.66. The van der Waals surface area contributed by atoms with Crippen LogP contribution in [0.25, 0.3) is 0 Å². The van der Waals surface area contributed by atoms with Crippen LogP contribution in [0, 0.1) is 0 Å². The molecule has 1 fully saturated rings. The van der Waals surface area contributed by atoms with E-state index in [1.165, 1.54) is 0 Å². The minimum absolute atomic E-state index is 0.0669. The second-order valence-electron chi connectivity index (χ2n) is 3.75. The Balaban J connectivity index is 2.39. The average molecular weight is 193 g/mol. The molecular weight excluding hydrogens is 176 g/mol. The van der Waals surface area contributed by atoms with Gasteiger partial charge in [-0.15, -0.1) is 0 Å². The van der Waals surface area contributed by atoms with Crippen LogP contribution in [0.5, 0.6) is 0 Å². The molecule has 0 aromatic rings. The van der Waals surface area contributed by atoms with Gasteiger partial charge in [0.25, 0.3) is 6.43 Å². The molecule has 0 spiro atoms. The molecule has 0 bridgehead atoms. The molecule has 1 saturated carbocycles. The number of hydrogen-bond acceptors (Lipinski definition) is 2. The predicted molar refractivity (Wildman–Crippen MR) is 46.9 cm³/mol. The maximum Gasteiger partial charge on any atom is 0.251 e. The number of likely N-dealkylation sites (N-methyl/N-ethyl adjacent to an activating group) is 1. The standard InChI is InChI=1S/C9H17F2NO/c1-12(6-9(10)11)7-4-2-3-5-8(7)13/h7-9,13H,2-6H2,1H3/t7-,8-/m1/s1. The number of nitrogens with zero attached hydrogens (tertiary/aromatic N) is 1. The van der Waals surface area contributed by atoms with Gasteiger partial charge in [-0.25, -0.2) is 8.78 Å². The number of hydrogen-bond donors (Lipinski definition) is 1. The van der Waals surface area contributed by atoms with Gasteiger partial charge in [0.2, 0.25) is 0 Å². The van der Waals surface area contributed by atoms with E-state index in [0.29, 0.717) is 0 Å². The van der Waals surface area contributed by atoms with Crippen molar-refractivity contribution in [3.8, 4) is 0 Å². The SMILES string of the molecule is CN(CC(F)F)[C@@H]1CCCC[C@H]1O. The molecule has 2 atom stereocenters. The molecule has 0 amide bonds. The van der Waals surface area contributed by atoms with Crippen LogP contribution < -0.4 is 0 Å². The number of halogens is 2. The molecule has 0 aromatic heterocycles. The van der Waals surface area contributed by atoms with Crippen LogP contribution in [0.15, 0.2) is 0 Å². The highest BCUT2D eigenvalue weighted by Gasteiger charge is 2.27. The third-order valence-corrected chi connectivity index (χ3v) is 2.69. The lowest BCUT2D eigenvalue weighted by Gasteiger charge is -2.34. The molecule has 0 heterocycles. The predicted octanol–water partition coefficient (Wildman–Crippen LogP) is 1.49. The van der Waals surface area contributed by atoms with E-state index >= 15 is 0 Å². The topological polar surface area (TPSA) is 23.5 Å². The molecule has 1 aliphatic carbocycles. The maximum atomic E-state index is 12.0. The van der Waals surface area contributed by atoms with Gasteiger partial charge in [-0.1, -0.05) is 12.8 Å². The van der Waals surface area contributed by atoms with Gasteiger partial charge in [0.1, 0.15) is 0 Å². The van der Waals surface area contributed by atoms with Crippen molar-refractivity contribution in [2.45, 2.75) is 44.3 Å². The fraction of sp³-hybridized carbons (Fsp3) is 1.00. The molecule has 0 unspecified atom stereocenters. The molecule has 0 aromatic carbocycles. The second kappa shape index (κ2) is 4.86. The van der Waals surface area contributed by atoms with Crippen LogP contribution in [0.3, 0.4) is 0 Å². The summed E-state index contributed by atoms with van der Waals surface area (Å²) < 4.78 is 24.1. The smallest absolute Gasteiger partial charge is 0.251 e. The third kappa shape index (κ3) is 3.19. The van der Waals surface area contributed by atoms with E-state index < -0.39 is 12.5 Å². The van der Waals surface area contributed by atoms with Gasteiger partial charge >= 0.3 is 0 Å². The largest absolute Gasteiger partial charge is 0.391 e. The van der Waals surface area contributed by atoms with Gasteiger partial charge in [-0.3, -0.25) is 4.90 Å². The lowest BCUT2D eigenvalue weighted by molar-refractivity contribution is 0.00394. The van der Waals surface area contributed by atoms with Crippen LogP contribution in [-0.2, 0) is 0 Å². The van der Waals surface area contributed by atoms with Gasteiger partial charge in [0, 0.05) is 6.04 Å². The first-order valence-electron chi connectivity index (χ1n) is 4.77. The van der Waals surface area contributed by atoms with Crippen LogP contribution in [-0.4, -0.2) is 42.2 Å². The van der Waals surface area contributed by atoms with E-state index in [1.54, 1.807) is 11.9 Å². The Bertz CT molecular complexity index is 155. The number of aliphatic hydroxyl groups excluding tert-OH is 1. The van der Waals surface area contributed by atoms with Gasteiger partial charge in [-0.2, -0.15) is 0 Å². The molecule has 4 heteroatoms. The van der Waals surface area contributed by atoms with Crippen LogP contribution in [0.4, 0.5) is 8.78 Å². The molecule has 13 heavy (non-hydrogen) atoms. The zero-order chi connectivity index (χ0) is 9.84. The maximum absolute atomic E-state index is 12.0. The van der Waals surface area contributed by atoms with Gasteiger partial charge in [0.15, 0.2) is 0 Å². The zero-order valence-corrected chi connectivity index (χ0v) is 7.92. The summed E-state index contributed by atoms with van der Waals surface area (Å²) in [5, 5.41) is 9.57. The zero-order valence-electron chi connectivity index (χ0n) is 7.92. The molecule has 2 nitrogen and oxygen atoms in total. The Morgan fingerprint density at radius 2 is 2.00 bits per heavy atom. The summed E-state index contributed by atoms with van der Waals surface area (Å²) >= 11 is 0. The molecule has 0 aliphatic heterocycles. The Morgan fingerprint density at radius 1 is 1.38 bits per heavy atom. The number of aliphatic hydroxyl groups is 1. The minimum atomic E-state index is -2.31. The summed E-state index contributed by atoms with van der Waals surface area (Å²) in [6.45, 7) is -0.234. The van der Waals surface area contributed by atoms with Gasteiger partial charge in [-0.05, 0) is 19.9 Å². The van der Waals surface area contributed by atoms with E-state index in [9.17, 15) is 13.9 Å². The minimum Gasteiger partial charge on any atom is -0.391 e. The van der Waals surface area contributed by atoms with Crippen LogP contribution in [0.2, 0.25) is 0 Å². The summed E-state index contributed by atoms with van der Waals surface area (Å²) in [5.74, 6) is 0. The van der Waals surface area contributed by atoms with E-state index in [2.05, 4.69) is 0 Å². The fourth-order valence-corrected chi connectivity index (χ4v) is 1.96. The van der Waals surface area contributed by atoms with Crippen molar-refractivity contribution in [3.63, 3.8) is 0 Å². The molecular formula is C9H17F2NO. The summed E-state index contributed by atoms with van der Waals surface area (Å²) in [4.78, 5) is 1.58. The highest BCUT2D eigenvalue weighted by Crippen LogP contribution is 2.22. The molecule has 78 valence electrons. The second-order valence-corrected chi connectivity index (χ2v) is 3.75. The summed E-state index contributed by atoms with van der Waals surface area (Å²) in [6, 6.07) is -0.0669. The van der Waals surface area contributed by atoms with E-state index in [-0.39, 0.29) is 12.6 Å². The van der Waals surface area contributed by atoms with Crippen LogP contribution >= 0.6 is 0 Å². The number of alkyl halides is 2. The lowest BCUT2D eigenvalue weighted by atomic mass is 9.92. The quantitative estimate of drug-likeness (QED) is 0.734. The first-order valence-corrected chi connectivity index (χ1v) is 4.77. The molecule has 1 aliphatic rings. The molecule has 0 saturated heterocycles. The Morgan fingerprint density at radius 3 is 2.54 bits per heavy atom. The van der Waals surface area contributed by atoms with Gasteiger partial charge < -0.3 is 5.11 Å². The van der Waals surface area contributed by atoms with Crippen molar-refractivity contribution in [1.82, 2.24) is 4.90 Å². The molecule has 1 rings (SSSR count). The number of rotatable bonds is 3. The van der Waals surface area contributed by atoms with Crippen LogP contribution in [0.1, 0.15) is 25.7 Å². The van der Waals surface area contributed by atoms with Crippen molar-refractivity contribution < 1.29 is 13.9 Å². The molecule has 0 radical (unpaired) electrons. The molecule has 1 N–H and O–H groups in total. The Labute approximate surface area is 77.5 Å². The van der Waals surface area contributed by atoms with Crippen molar-refractivity contribution in [2.24, 2.45) is 0 Å². The van der Waals surface area contributed by atoms with E-state index in [0.717, 1.165) is 25.7 Å². The first-order chi connectivity index (χ1) is 6.11. The summed E-state index contributed by atoms with van der Waals surface area (Å²) in [6.07, 6.45) is 0.912. The van der Waals surface area contributed by atoms with Crippen molar-refractivity contribution in [2.75, 3.05) is 13.6 Å². The average Bonchev–Trinajstić information content (AvgIpc) is 2.03. The van der Waals surface area contributed by atoms with E-state index in [4.69, 9.17) is 0 Å². The van der Waals surface area contributed by atoms with Crippen molar-refractivity contribution >= 4 is 0 Å². The van der Waals surface area contributed by atoms with Crippen molar-refractivity contribution in [3.05, 3.63) is 0 Å². The lowest BCUT2D eigenvalue weighted by Crippen LogP contribution is -2.45. The highest BCUT2D eigenvalue weighted by molar-refractivity contribution is 4.81.